The predicted octanol–water partition coefficient (Wildman–Crippen LogP) is 2.40. The number of hydrogen-bond acceptors (Lipinski definition) is 4. The van der Waals surface area contributed by atoms with Crippen molar-refractivity contribution in [1.82, 2.24) is 20.4 Å². The Balaban J connectivity index is 1.62. The van der Waals surface area contributed by atoms with Gasteiger partial charge in [-0.3, -0.25) is 19.6 Å². The molecule has 1 aromatic carbocycles. The SMILES string of the molecule is CCN(CC(=O)O)C1CC(NC(=O)c2cn[nH]c2-c2ccccc2Cl)C1. The second-order valence-electron chi connectivity index (χ2n) is 6.39. The van der Waals surface area contributed by atoms with Crippen LogP contribution >= 0.6 is 11.6 Å². The Labute approximate surface area is 156 Å². The molecule has 7 nitrogen and oxygen atoms in total. The molecule has 2 aromatic rings. The van der Waals surface area contributed by atoms with Crippen molar-refractivity contribution in [2.75, 3.05) is 13.1 Å². The fraction of sp³-hybridized carbons (Fsp3) is 0.389. The van der Waals surface area contributed by atoms with Gasteiger partial charge in [0.25, 0.3) is 5.91 Å². The van der Waals surface area contributed by atoms with Crippen molar-refractivity contribution in [3.8, 4) is 11.3 Å². The highest BCUT2D eigenvalue weighted by molar-refractivity contribution is 6.33. The normalized spacial score (nSPS) is 19.2. The van der Waals surface area contributed by atoms with Gasteiger partial charge in [-0.2, -0.15) is 5.10 Å². The number of carbonyl (C=O) groups excluding carboxylic acids is 1. The van der Waals surface area contributed by atoms with Crippen LogP contribution in [0.25, 0.3) is 11.3 Å². The van der Waals surface area contributed by atoms with Crippen molar-refractivity contribution in [1.29, 1.82) is 0 Å². The molecular formula is C18H21ClN4O3. The maximum absolute atomic E-state index is 12.6. The molecule has 0 unspecified atom stereocenters. The molecule has 0 spiro atoms. The van der Waals surface area contributed by atoms with Crippen LogP contribution in [0.5, 0.6) is 0 Å². The number of carbonyl (C=O) groups is 2. The fourth-order valence-corrected chi connectivity index (χ4v) is 3.50. The van der Waals surface area contributed by atoms with Crippen LogP contribution in [0.4, 0.5) is 0 Å². The summed E-state index contributed by atoms with van der Waals surface area (Å²) in [6.07, 6.45) is 2.98. The number of nitrogens with one attached hydrogen (secondary N) is 2. The van der Waals surface area contributed by atoms with Crippen molar-refractivity contribution in [3.63, 3.8) is 0 Å². The lowest BCUT2D eigenvalue weighted by atomic mass is 9.85. The van der Waals surface area contributed by atoms with Gasteiger partial charge in [-0.1, -0.05) is 36.7 Å². The Morgan fingerprint density at radius 1 is 1.38 bits per heavy atom. The van der Waals surface area contributed by atoms with Gasteiger partial charge in [0.2, 0.25) is 0 Å². The van der Waals surface area contributed by atoms with Gasteiger partial charge in [-0.15, -0.1) is 0 Å². The van der Waals surface area contributed by atoms with Crippen molar-refractivity contribution >= 4 is 23.5 Å². The Bertz CT molecular complexity index is 801. The predicted molar refractivity (Wildman–Crippen MR) is 98.2 cm³/mol. The fourth-order valence-electron chi connectivity index (χ4n) is 3.27. The summed E-state index contributed by atoms with van der Waals surface area (Å²) in [5.41, 5.74) is 1.76. The zero-order valence-corrected chi connectivity index (χ0v) is 15.2. The van der Waals surface area contributed by atoms with Crippen LogP contribution < -0.4 is 5.32 Å². The Morgan fingerprint density at radius 3 is 2.77 bits per heavy atom. The van der Waals surface area contributed by atoms with Gasteiger partial charge < -0.3 is 10.4 Å². The van der Waals surface area contributed by atoms with E-state index >= 15 is 0 Å². The number of rotatable bonds is 7. The minimum atomic E-state index is -0.831. The minimum absolute atomic E-state index is 0.0280. The second-order valence-corrected chi connectivity index (χ2v) is 6.80. The number of likely N-dealkylation sites (N-methyl/N-ethyl adjacent to an activating group) is 1. The Morgan fingerprint density at radius 2 is 2.12 bits per heavy atom. The Kier molecular flexibility index (Phi) is 5.58. The van der Waals surface area contributed by atoms with Crippen molar-refractivity contribution < 1.29 is 14.7 Å². The van der Waals surface area contributed by atoms with Crippen molar-refractivity contribution in [2.45, 2.75) is 31.8 Å². The molecular weight excluding hydrogens is 356 g/mol. The van der Waals surface area contributed by atoms with Crippen LogP contribution in [0.2, 0.25) is 5.02 Å². The van der Waals surface area contributed by atoms with E-state index in [1.165, 1.54) is 6.20 Å². The standard InChI is InChI=1S/C18H21ClN4O3/c1-2-23(10-16(24)25)12-7-11(8-12)21-18(26)14-9-20-22-17(14)13-5-3-4-6-15(13)19/h3-6,9,11-12H,2,7-8,10H2,1H3,(H,20,22)(H,21,26)(H,24,25). The molecule has 1 aliphatic carbocycles. The monoisotopic (exact) mass is 376 g/mol. The van der Waals surface area contributed by atoms with E-state index in [1.807, 2.05) is 30.0 Å². The van der Waals surface area contributed by atoms with Crippen molar-refractivity contribution in [2.24, 2.45) is 0 Å². The molecule has 1 amide bonds. The molecule has 1 aromatic heterocycles. The topological polar surface area (TPSA) is 98.3 Å². The number of benzene rings is 1. The van der Waals surface area contributed by atoms with Gasteiger partial charge in [-0.05, 0) is 25.5 Å². The number of carboxylic acid groups (broad SMARTS) is 1. The highest BCUT2D eigenvalue weighted by Crippen LogP contribution is 2.30. The summed E-state index contributed by atoms with van der Waals surface area (Å²) in [4.78, 5) is 25.4. The van der Waals surface area contributed by atoms with E-state index in [0.29, 0.717) is 22.8 Å². The third-order valence-electron chi connectivity index (χ3n) is 4.74. The molecule has 1 fully saturated rings. The molecule has 1 heterocycles. The third-order valence-corrected chi connectivity index (χ3v) is 5.07. The first-order valence-corrected chi connectivity index (χ1v) is 8.92. The molecule has 3 rings (SSSR count). The zero-order chi connectivity index (χ0) is 18.7. The molecule has 1 saturated carbocycles. The molecule has 8 heteroatoms. The first-order chi connectivity index (χ1) is 12.5. The molecule has 138 valence electrons. The highest BCUT2D eigenvalue weighted by Gasteiger charge is 2.35. The zero-order valence-electron chi connectivity index (χ0n) is 14.4. The lowest BCUT2D eigenvalue weighted by Crippen LogP contribution is -2.54. The van der Waals surface area contributed by atoms with Gasteiger partial charge in [0.05, 0.1) is 24.0 Å². The lowest BCUT2D eigenvalue weighted by molar-refractivity contribution is -0.139. The van der Waals surface area contributed by atoms with Crippen LogP contribution in [0.1, 0.15) is 30.1 Å². The molecule has 0 aliphatic heterocycles. The first kappa shape index (κ1) is 18.4. The molecule has 3 N–H and O–H groups in total. The van der Waals surface area contributed by atoms with Gasteiger partial charge in [-0.25, -0.2) is 0 Å². The molecule has 1 aliphatic rings. The molecule has 26 heavy (non-hydrogen) atoms. The van der Waals surface area contributed by atoms with Crippen LogP contribution in [-0.4, -0.2) is 57.3 Å². The van der Waals surface area contributed by atoms with E-state index in [9.17, 15) is 9.59 Å². The Hall–Kier alpha value is -2.38. The number of H-pyrrole nitrogens is 1. The van der Waals surface area contributed by atoms with Crippen LogP contribution in [-0.2, 0) is 4.79 Å². The van der Waals surface area contributed by atoms with E-state index < -0.39 is 5.97 Å². The minimum Gasteiger partial charge on any atom is -0.480 e. The largest absolute Gasteiger partial charge is 0.480 e. The van der Waals surface area contributed by atoms with Crippen LogP contribution in [0, 0.1) is 0 Å². The van der Waals surface area contributed by atoms with Crippen LogP contribution in [0.15, 0.2) is 30.5 Å². The highest BCUT2D eigenvalue weighted by atomic mass is 35.5. The smallest absolute Gasteiger partial charge is 0.317 e. The molecule has 0 radical (unpaired) electrons. The van der Waals surface area contributed by atoms with Gasteiger partial charge in [0.1, 0.15) is 0 Å². The maximum atomic E-state index is 12.6. The number of aromatic nitrogens is 2. The summed E-state index contributed by atoms with van der Waals surface area (Å²) in [7, 11) is 0. The molecule has 0 bridgehead atoms. The van der Waals surface area contributed by atoms with Crippen molar-refractivity contribution in [3.05, 3.63) is 41.0 Å². The van der Waals surface area contributed by atoms with Gasteiger partial charge in [0.15, 0.2) is 0 Å². The first-order valence-electron chi connectivity index (χ1n) is 8.54. The quantitative estimate of drug-likeness (QED) is 0.689. The summed E-state index contributed by atoms with van der Waals surface area (Å²) in [6, 6.07) is 7.49. The average molecular weight is 377 g/mol. The molecule has 0 saturated heterocycles. The number of carboxylic acids is 1. The number of hydrogen-bond donors (Lipinski definition) is 3. The van der Waals surface area contributed by atoms with E-state index in [1.54, 1.807) is 6.07 Å². The van der Waals surface area contributed by atoms with E-state index in [2.05, 4.69) is 15.5 Å². The summed E-state index contributed by atoms with van der Waals surface area (Å²) >= 11 is 6.22. The lowest BCUT2D eigenvalue weighted by Gasteiger charge is -2.42. The van der Waals surface area contributed by atoms with Gasteiger partial charge in [0, 0.05) is 22.7 Å². The number of aromatic amines is 1. The van der Waals surface area contributed by atoms with Crippen LogP contribution in [0.3, 0.4) is 0 Å². The maximum Gasteiger partial charge on any atom is 0.317 e. The number of halogens is 1. The summed E-state index contributed by atoms with van der Waals surface area (Å²) < 4.78 is 0. The average Bonchev–Trinajstić information content (AvgIpc) is 3.05. The summed E-state index contributed by atoms with van der Waals surface area (Å²) in [6.45, 7) is 2.65. The number of aliphatic carboxylic acids is 1. The number of amides is 1. The van der Waals surface area contributed by atoms with E-state index in [-0.39, 0.29) is 24.5 Å². The van der Waals surface area contributed by atoms with E-state index in [0.717, 1.165) is 18.4 Å². The third kappa shape index (κ3) is 3.89. The molecule has 0 atom stereocenters. The summed E-state index contributed by atoms with van der Waals surface area (Å²) in [5, 5.41) is 19.3. The summed E-state index contributed by atoms with van der Waals surface area (Å²) in [5.74, 6) is -1.04. The van der Waals surface area contributed by atoms with Gasteiger partial charge >= 0.3 is 5.97 Å². The second kappa shape index (κ2) is 7.88. The van der Waals surface area contributed by atoms with E-state index in [4.69, 9.17) is 16.7 Å². The number of nitrogens with zero attached hydrogens (tertiary/aromatic N) is 2.